The molecular weight excluding hydrogens is 246 g/mol. The molecule has 1 aliphatic heterocycles. The molecular formula is C13H23N3O3. The summed E-state index contributed by atoms with van der Waals surface area (Å²) >= 11 is 0. The van der Waals surface area contributed by atoms with Crippen LogP contribution < -0.4 is 11.1 Å². The van der Waals surface area contributed by atoms with E-state index in [1.165, 1.54) is 0 Å². The van der Waals surface area contributed by atoms with E-state index in [-0.39, 0.29) is 30.4 Å². The van der Waals surface area contributed by atoms with Gasteiger partial charge in [0.15, 0.2) is 0 Å². The number of nitrogens with two attached hydrogens (primary N) is 1. The number of likely N-dealkylation sites (N-methyl/N-ethyl adjacent to an activating group) is 1. The zero-order valence-electron chi connectivity index (χ0n) is 11.4. The SMILES string of the molecule is CNC(=O)C1COCCN1C(=O)C1CCC(N)CC1. The van der Waals surface area contributed by atoms with Crippen LogP contribution in [0.5, 0.6) is 0 Å². The normalized spacial score (nSPS) is 31.9. The fourth-order valence-corrected chi connectivity index (χ4v) is 2.85. The van der Waals surface area contributed by atoms with Gasteiger partial charge in [0, 0.05) is 25.6 Å². The van der Waals surface area contributed by atoms with Gasteiger partial charge < -0.3 is 20.7 Å². The molecule has 108 valence electrons. The van der Waals surface area contributed by atoms with Crippen molar-refractivity contribution >= 4 is 11.8 Å². The lowest BCUT2D eigenvalue weighted by Crippen LogP contribution is -2.57. The lowest BCUT2D eigenvalue weighted by Gasteiger charge is -2.37. The number of carbonyl (C=O) groups is 2. The molecule has 1 saturated heterocycles. The third-order valence-corrected chi connectivity index (χ3v) is 4.08. The number of hydrogen-bond acceptors (Lipinski definition) is 4. The van der Waals surface area contributed by atoms with Crippen molar-refractivity contribution in [1.29, 1.82) is 0 Å². The van der Waals surface area contributed by atoms with Crippen LogP contribution in [-0.4, -0.2) is 55.6 Å². The number of nitrogens with one attached hydrogen (secondary N) is 1. The Bertz CT molecular complexity index is 340. The first kappa shape index (κ1) is 14.3. The van der Waals surface area contributed by atoms with E-state index in [1.807, 2.05) is 0 Å². The van der Waals surface area contributed by atoms with Crippen molar-refractivity contribution in [2.75, 3.05) is 26.8 Å². The number of amides is 2. The van der Waals surface area contributed by atoms with Crippen LogP contribution in [0, 0.1) is 5.92 Å². The minimum Gasteiger partial charge on any atom is -0.377 e. The molecule has 3 N–H and O–H groups in total. The fourth-order valence-electron chi connectivity index (χ4n) is 2.85. The van der Waals surface area contributed by atoms with Crippen LogP contribution in [0.3, 0.4) is 0 Å². The van der Waals surface area contributed by atoms with Crippen molar-refractivity contribution < 1.29 is 14.3 Å². The van der Waals surface area contributed by atoms with Crippen molar-refractivity contribution in [2.45, 2.75) is 37.8 Å². The second-order valence-corrected chi connectivity index (χ2v) is 5.35. The second kappa shape index (κ2) is 6.34. The van der Waals surface area contributed by atoms with Crippen LogP contribution in [-0.2, 0) is 14.3 Å². The topological polar surface area (TPSA) is 84.7 Å². The van der Waals surface area contributed by atoms with E-state index >= 15 is 0 Å². The maximum Gasteiger partial charge on any atom is 0.244 e. The zero-order valence-corrected chi connectivity index (χ0v) is 11.4. The molecule has 0 spiro atoms. The molecule has 1 aliphatic carbocycles. The van der Waals surface area contributed by atoms with Gasteiger partial charge in [0.05, 0.1) is 13.2 Å². The van der Waals surface area contributed by atoms with Crippen molar-refractivity contribution in [3.05, 3.63) is 0 Å². The van der Waals surface area contributed by atoms with E-state index in [4.69, 9.17) is 10.5 Å². The van der Waals surface area contributed by atoms with Crippen molar-refractivity contribution in [2.24, 2.45) is 11.7 Å². The van der Waals surface area contributed by atoms with Gasteiger partial charge in [-0.15, -0.1) is 0 Å². The van der Waals surface area contributed by atoms with E-state index in [1.54, 1.807) is 11.9 Å². The van der Waals surface area contributed by atoms with Gasteiger partial charge in [0.2, 0.25) is 11.8 Å². The quantitative estimate of drug-likeness (QED) is 0.706. The monoisotopic (exact) mass is 269 g/mol. The number of carbonyl (C=O) groups excluding carboxylic acids is 2. The third kappa shape index (κ3) is 3.25. The summed E-state index contributed by atoms with van der Waals surface area (Å²) in [5.74, 6) is -0.0468. The molecule has 1 saturated carbocycles. The second-order valence-electron chi connectivity index (χ2n) is 5.35. The molecule has 2 rings (SSSR count). The lowest BCUT2D eigenvalue weighted by molar-refractivity contribution is -0.152. The minimum absolute atomic E-state index is 0.0186. The van der Waals surface area contributed by atoms with Crippen LogP contribution in [0.15, 0.2) is 0 Å². The number of nitrogens with zero attached hydrogens (tertiary/aromatic N) is 1. The summed E-state index contributed by atoms with van der Waals surface area (Å²) in [6.45, 7) is 1.29. The average molecular weight is 269 g/mol. The van der Waals surface area contributed by atoms with Crippen molar-refractivity contribution in [3.8, 4) is 0 Å². The van der Waals surface area contributed by atoms with Crippen LogP contribution in [0.25, 0.3) is 0 Å². The van der Waals surface area contributed by atoms with Crippen LogP contribution in [0.4, 0.5) is 0 Å². The highest BCUT2D eigenvalue weighted by Crippen LogP contribution is 2.26. The summed E-state index contributed by atoms with van der Waals surface area (Å²) in [5.41, 5.74) is 5.86. The molecule has 1 heterocycles. The van der Waals surface area contributed by atoms with Crippen LogP contribution in [0.2, 0.25) is 0 Å². The molecule has 0 bridgehead atoms. The first-order valence-corrected chi connectivity index (χ1v) is 6.99. The molecule has 0 aromatic heterocycles. The lowest BCUT2D eigenvalue weighted by atomic mass is 9.85. The molecule has 6 heteroatoms. The Morgan fingerprint density at radius 1 is 1.26 bits per heavy atom. The summed E-state index contributed by atoms with van der Waals surface area (Å²) in [6.07, 6.45) is 3.45. The third-order valence-electron chi connectivity index (χ3n) is 4.08. The van der Waals surface area contributed by atoms with Crippen LogP contribution in [0.1, 0.15) is 25.7 Å². The smallest absolute Gasteiger partial charge is 0.244 e. The Morgan fingerprint density at radius 2 is 1.95 bits per heavy atom. The van der Waals surface area contributed by atoms with Crippen LogP contribution >= 0.6 is 0 Å². The number of rotatable bonds is 2. The maximum atomic E-state index is 12.5. The van der Waals surface area contributed by atoms with Gasteiger partial charge in [-0.05, 0) is 25.7 Å². The minimum atomic E-state index is -0.484. The zero-order chi connectivity index (χ0) is 13.8. The standard InChI is InChI=1S/C13H23N3O3/c1-15-12(17)11-8-19-7-6-16(11)13(18)9-2-4-10(14)5-3-9/h9-11H,2-8,14H2,1H3,(H,15,17). The molecule has 0 aromatic carbocycles. The molecule has 2 amide bonds. The Balaban J connectivity index is 2.01. The Kier molecular flexibility index (Phi) is 4.76. The van der Waals surface area contributed by atoms with Gasteiger partial charge in [0.1, 0.15) is 6.04 Å². The fraction of sp³-hybridized carbons (Fsp3) is 0.846. The summed E-state index contributed by atoms with van der Waals surface area (Å²) in [6, 6.07) is -0.259. The van der Waals surface area contributed by atoms with E-state index in [0.717, 1.165) is 25.7 Å². The van der Waals surface area contributed by atoms with Gasteiger partial charge >= 0.3 is 0 Å². The maximum absolute atomic E-state index is 12.5. The van der Waals surface area contributed by atoms with Gasteiger partial charge in [-0.2, -0.15) is 0 Å². The molecule has 1 unspecified atom stereocenters. The number of morpholine rings is 1. The van der Waals surface area contributed by atoms with Gasteiger partial charge in [-0.25, -0.2) is 0 Å². The highest BCUT2D eigenvalue weighted by atomic mass is 16.5. The highest BCUT2D eigenvalue weighted by Gasteiger charge is 2.36. The Labute approximate surface area is 113 Å². The number of hydrogen-bond donors (Lipinski definition) is 2. The summed E-state index contributed by atoms with van der Waals surface area (Å²) in [4.78, 5) is 26.0. The molecule has 19 heavy (non-hydrogen) atoms. The first-order chi connectivity index (χ1) is 9.13. The van der Waals surface area contributed by atoms with Gasteiger partial charge in [-0.1, -0.05) is 0 Å². The van der Waals surface area contributed by atoms with E-state index in [0.29, 0.717) is 13.2 Å². The molecule has 6 nitrogen and oxygen atoms in total. The number of ether oxygens (including phenoxy) is 1. The summed E-state index contributed by atoms with van der Waals surface area (Å²) in [5, 5.41) is 2.60. The molecule has 0 aromatic rings. The molecule has 2 aliphatic rings. The summed E-state index contributed by atoms with van der Waals surface area (Å²) in [7, 11) is 1.58. The van der Waals surface area contributed by atoms with E-state index < -0.39 is 6.04 Å². The van der Waals surface area contributed by atoms with E-state index in [2.05, 4.69) is 5.32 Å². The highest BCUT2D eigenvalue weighted by molar-refractivity contribution is 5.88. The average Bonchev–Trinajstić information content (AvgIpc) is 2.46. The molecule has 1 atom stereocenters. The van der Waals surface area contributed by atoms with E-state index in [9.17, 15) is 9.59 Å². The van der Waals surface area contributed by atoms with Gasteiger partial charge in [-0.3, -0.25) is 9.59 Å². The first-order valence-electron chi connectivity index (χ1n) is 6.99. The predicted octanol–water partition coefficient (Wildman–Crippen LogP) is -0.523. The molecule has 0 radical (unpaired) electrons. The summed E-state index contributed by atoms with van der Waals surface area (Å²) < 4.78 is 5.32. The Hall–Kier alpha value is -1.14. The Morgan fingerprint density at radius 3 is 2.58 bits per heavy atom. The molecule has 2 fully saturated rings. The largest absolute Gasteiger partial charge is 0.377 e. The van der Waals surface area contributed by atoms with Gasteiger partial charge in [0.25, 0.3) is 0 Å². The van der Waals surface area contributed by atoms with Crippen molar-refractivity contribution in [1.82, 2.24) is 10.2 Å². The van der Waals surface area contributed by atoms with Crippen molar-refractivity contribution in [3.63, 3.8) is 0 Å². The predicted molar refractivity (Wildman–Crippen MR) is 70.3 cm³/mol.